The maximum atomic E-state index is 11.4. The second-order valence-corrected chi connectivity index (χ2v) is 46.5. The molecule has 13 aromatic carbocycles. The highest BCUT2D eigenvalue weighted by molar-refractivity contribution is 8.06. The third-order valence-corrected chi connectivity index (χ3v) is 34.3. The summed E-state index contributed by atoms with van der Waals surface area (Å²) in [7, 11) is 1.70. The Morgan fingerprint density at radius 2 is 0.694 bits per heavy atom. The maximum absolute atomic E-state index is 11.4. The fraction of sp³-hybridized carbons (Fsp3) is 0.272. The molecule has 16 aromatic rings. The molecule has 0 amide bonds. The molecular weight excluding hydrogens is 1890 g/mol. The van der Waals surface area contributed by atoms with E-state index >= 15 is 0 Å². The Bertz CT molecular complexity index is 7440. The topological polar surface area (TPSA) is 70.5 Å². The lowest BCUT2D eigenvalue weighted by atomic mass is 9.81. The van der Waals surface area contributed by atoms with Gasteiger partial charge >= 0.3 is 0 Å². The smallest absolute Gasteiger partial charge is 0.150 e. The van der Waals surface area contributed by atoms with Crippen molar-refractivity contribution in [3.05, 3.63) is 415 Å². The summed E-state index contributed by atoms with van der Waals surface area (Å²) in [6, 6.07) is 90.1. The third-order valence-electron chi connectivity index (χ3n) is 28.5. The average molecular weight is 2030 g/mol. The van der Waals surface area contributed by atoms with Gasteiger partial charge in [-0.3, -0.25) is 4.79 Å². The standard InChI is InChI=1S/C33H30.C30H32O2.C23H20N2S.C17H18.C16H24O2.C9H12S.C8H10S3/c1-5-6-25-13-19-29-30-20-14-26(22-32(30)33(3,4)31(29)21-25)10-9-24-11-17-28(18-12-24)27-15-7-23(2)8-16-27;1-5-7-24-8-13-26(14-9-24)27-15-10-25(11-16-27)12-17-28-19-29(20-31)23(4)18-30(28)32-21-22(3)6-2;1-13-5-8-17-18-10-7-15(12-20(18)23(3,4)19(17)11-13)16-9-6-14(2)21-22(16)25-26-24-21;1-11-5-7-13-14-8-6-12(2)10-16(14)17(3,4)15(13)9-11;1-6-8-14-10-15(17-5)13(4)9-16(14)18-11-12(3)7-2;1-4-5-9-7(2)6-8(3)10-9;1-5-7-8(6(2)11-5)10-4-3-9-7/h5-22H,1-4H3;5,7-20,22H,6,21H2,1-4H3;5-12H,1-4H3;5-10H,1-4H3;6,8-10,12H,7,11H2,1-5H3;4-6H,1-3H3;3-4H2,1-2H3/b6-5+,10-9+;7-5+,17-12+;;;8-6+;5-4+;. The van der Waals surface area contributed by atoms with Crippen LogP contribution in [0.5, 0.6) is 17.2 Å². The minimum atomic E-state index is 0.00178. The zero-order chi connectivity index (χ0) is 105. The summed E-state index contributed by atoms with van der Waals surface area (Å²) < 4.78 is 26.4. The van der Waals surface area contributed by atoms with Gasteiger partial charge in [-0.15, -0.1) is 46.2 Å². The van der Waals surface area contributed by atoms with E-state index in [1.807, 2.05) is 116 Å². The van der Waals surface area contributed by atoms with Gasteiger partial charge in [0.15, 0.2) is 0 Å². The molecular formula is C136H146N2O4S5. The Labute approximate surface area is 898 Å². The van der Waals surface area contributed by atoms with Crippen LogP contribution >= 0.6 is 57.9 Å². The number of allylic oxidation sites excluding steroid dienone is 4. The summed E-state index contributed by atoms with van der Waals surface area (Å²) in [4.78, 5) is 20.4. The normalized spacial score (nSPS) is 13.8. The highest BCUT2D eigenvalue weighted by Crippen LogP contribution is 2.54. The van der Waals surface area contributed by atoms with Crippen LogP contribution in [0.1, 0.15) is 256 Å². The molecule has 0 saturated heterocycles. The number of hydrogen-bond donors (Lipinski definition) is 0. The number of fused-ring (bicyclic) bond motifs is 11. The van der Waals surface area contributed by atoms with Gasteiger partial charge in [-0.1, -0.05) is 383 Å². The Kier molecular flexibility index (Phi) is 37.3. The molecule has 11 heteroatoms. The van der Waals surface area contributed by atoms with Gasteiger partial charge in [0.25, 0.3) is 0 Å². The predicted molar refractivity (Wildman–Crippen MR) is 646 cm³/mol. The van der Waals surface area contributed by atoms with Crippen LogP contribution < -0.4 is 14.2 Å². The highest BCUT2D eigenvalue weighted by atomic mass is 32.2. The molecule has 0 saturated carbocycles. The molecule has 3 aliphatic carbocycles. The molecule has 754 valence electrons. The summed E-state index contributed by atoms with van der Waals surface area (Å²) in [6.07, 6.45) is 28.4. The largest absolute Gasteiger partial charge is 0.496 e. The third kappa shape index (κ3) is 26.3. The number of thioether (sulfide) groups is 2. The average Bonchev–Trinajstić information content (AvgIpc) is 1.58. The van der Waals surface area contributed by atoms with Crippen molar-refractivity contribution in [1.29, 1.82) is 0 Å². The predicted octanol–water partition coefficient (Wildman–Crippen LogP) is 39.6. The van der Waals surface area contributed by atoms with Crippen molar-refractivity contribution in [1.82, 2.24) is 8.75 Å². The molecule has 147 heavy (non-hydrogen) atoms. The first kappa shape index (κ1) is 110. The molecule has 0 bridgehead atoms. The number of carbonyl (C=O) groups is 1. The number of methoxy groups -OCH3 is 1. The number of ether oxygens (including phenoxy) is 3. The fourth-order valence-corrected chi connectivity index (χ4v) is 25.0. The van der Waals surface area contributed by atoms with Crippen LogP contribution in [-0.2, 0) is 16.2 Å². The van der Waals surface area contributed by atoms with Crippen LogP contribution in [0.3, 0.4) is 0 Å². The van der Waals surface area contributed by atoms with E-state index in [-0.39, 0.29) is 16.2 Å². The van der Waals surface area contributed by atoms with Crippen molar-refractivity contribution in [2.45, 2.75) is 212 Å². The van der Waals surface area contributed by atoms with Gasteiger partial charge in [0, 0.05) is 79.3 Å². The SMILES string of the molecule is C/C=C/c1cc(OC)c(C)cc1OCC(C)CC.C/C=C/c1ccc(-c2ccc(/C=C/c3cc(C=O)c(C)cc3OCC(C)CC)cc2)cc1.C/C=C/c1ccc2c(c1)C(C)(C)c1cc(/C=C/c3ccc(-c4ccc(C)cc4)cc3)ccc1-2.C/C=C/c1sc(C)cc1C.Cc1ccc2c(c1)C(C)(C)c1cc(-c3ccc(C)c4nsnc34)ccc1-2.Cc1ccc2c(c1)C(C)(C)c1cc(C)ccc1-2.Cc1sc(C)c2c1SCCS2. The summed E-state index contributed by atoms with van der Waals surface area (Å²) >= 11 is 9.14. The van der Waals surface area contributed by atoms with Gasteiger partial charge < -0.3 is 14.2 Å². The van der Waals surface area contributed by atoms with Crippen molar-refractivity contribution >= 4 is 124 Å². The van der Waals surface area contributed by atoms with Crippen LogP contribution in [-0.4, -0.2) is 46.9 Å². The molecule has 6 nitrogen and oxygen atoms in total. The quantitative estimate of drug-likeness (QED) is 0.0521. The van der Waals surface area contributed by atoms with Crippen LogP contribution in [0.25, 0.3) is 126 Å². The molecule has 4 heterocycles. The van der Waals surface area contributed by atoms with Gasteiger partial charge in [0.1, 0.15) is 34.6 Å². The molecule has 20 rings (SSSR count). The van der Waals surface area contributed by atoms with E-state index in [1.165, 1.54) is 199 Å². The molecule has 4 aliphatic rings. The Hall–Kier alpha value is -12.7. The molecule has 2 atom stereocenters. The van der Waals surface area contributed by atoms with Crippen LogP contribution in [0.2, 0.25) is 0 Å². The van der Waals surface area contributed by atoms with Crippen molar-refractivity contribution in [3.63, 3.8) is 0 Å². The second-order valence-electron chi connectivity index (χ2n) is 41.0. The van der Waals surface area contributed by atoms with Gasteiger partial charge in [0.05, 0.1) is 32.1 Å². The van der Waals surface area contributed by atoms with Gasteiger partial charge in [0.2, 0.25) is 0 Å². The molecule has 1 aliphatic heterocycles. The number of benzene rings is 13. The van der Waals surface area contributed by atoms with Crippen molar-refractivity contribution in [3.8, 4) is 84.0 Å². The van der Waals surface area contributed by atoms with E-state index in [1.54, 1.807) is 16.9 Å². The number of thiophene rings is 2. The molecule has 0 fully saturated rings. The number of aromatic nitrogens is 2. The summed E-state index contributed by atoms with van der Waals surface area (Å²) in [5.74, 6) is 6.29. The number of hydrogen-bond acceptors (Lipinski definition) is 11. The zero-order valence-electron chi connectivity index (χ0n) is 91.1. The lowest BCUT2D eigenvalue weighted by Gasteiger charge is -2.22. The summed E-state index contributed by atoms with van der Waals surface area (Å²) in [5, 5.41) is 0. The van der Waals surface area contributed by atoms with E-state index in [2.05, 4.69) is 433 Å². The lowest BCUT2D eigenvalue weighted by molar-refractivity contribution is 0.112. The van der Waals surface area contributed by atoms with Crippen LogP contribution in [0, 0.1) is 88.0 Å². The van der Waals surface area contributed by atoms with E-state index in [9.17, 15) is 4.79 Å². The number of aryl methyl sites for hydroxylation is 11. The maximum Gasteiger partial charge on any atom is 0.150 e. The first-order valence-corrected chi connectivity index (χ1v) is 56.2. The zero-order valence-corrected chi connectivity index (χ0v) is 95.2. The molecule has 2 unspecified atom stereocenters. The van der Waals surface area contributed by atoms with E-state index in [4.69, 9.17) is 14.2 Å². The van der Waals surface area contributed by atoms with Crippen molar-refractivity contribution in [2.75, 3.05) is 31.8 Å². The van der Waals surface area contributed by atoms with Gasteiger partial charge in [-0.25, -0.2) is 0 Å². The van der Waals surface area contributed by atoms with Crippen LogP contribution in [0.15, 0.2) is 283 Å². The Morgan fingerprint density at radius 1 is 0.327 bits per heavy atom. The minimum absolute atomic E-state index is 0.00178. The van der Waals surface area contributed by atoms with Gasteiger partial charge in [-0.05, 0) is 303 Å². The Morgan fingerprint density at radius 3 is 1.14 bits per heavy atom. The van der Waals surface area contributed by atoms with Crippen molar-refractivity contribution < 1.29 is 19.0 Å². The molecule has 0 radical (unpaired) electrons. The lowest BCUT2D eigenvalue weighted by Crippen LogP contribution is -2.15. The first-order chi connectivity index (χ1) is 70.6. The highest BCUT2D eigenvalue weighted by Gasteiger charge is 2.39. The van der Waals surface area contributed by atoms with E-state index in [0.29, 0.717) is 24.0 Å². The Balaban J connectivity index is 0.000000140. The minimum Gasteiger partial charge on any atom is -0.496 e. The fourth-order valence-electron chi connectivity index (χ4n) is 19.4. The monoisotopic (exact) mass is 2030 g/mol. The summed E-state index contributed by atoms with van der Waals surface area (Å²) in [6.45, 7) is 55.8. The van der Waals surface area contributed by atoms with E-state index in [0.717, 1.165) is 81.8 Å². The number of aldehydes is 1. The molecule has 3 aromatic heterocycles. The van der Waals surface area contributed by atoms with Crippen molar-refractivity contribution in [2.24, 2.45) is 11.8 Å². The van der Waals surface area contributed by atoms with Crippen LogP contribution in [0.4, 0.5) is 0 Å². The first-order valence-electron chi connectivity index (χ1n) is 51.8. The second kappa shape index (κ2) is 49.9. The summed E-state index contributed by atoms with van der Waals surface area (Å²) in [5.41, 5.74) is 45.0. The van der Waals surface area contributed by atoms with Gasteiger partial charge in [-0.2, -0.15) is 8.75 Å². The number of rotatable bonds is 21. The number of carbonyl (C=O) groups excluding carboxylic acids is 1. The van der Waals surface area contributed by atoms with E-state index < -0.39 is 0 Å². The molecule has 0 N–H and O–H groups in total. The number of nitrogens with zero attached hydrogens (tertiary/aromatic N) is 2. The molecule has 0 spiro atoms.